The molecule has 0 spiro atoms. The van der Waals surface area contributed by atoms with Crippen LogP contribution in [0.3, 0.4) is 0 Å². The van der Waals surface area contributed by atoms with Crippen LogP contribution in [0.25, 0.3) is 0 Å². The molecule has 1 unspecified atom stereocenters. The van der Waals surface area contributed by atoms with E-state index in [-0.39, 0.29) is 11.9 Å². The summed E-state index contributed by atoms with van der Waals surface area (Å²) in [6.45, 7) is 2.55. The number of fused-ring (bicyclic) bond motifs is 1. The summed E-state index contributed by atoms with van der Waals surface area (Å²) in [5.41, 5.74) is 2.75. The highest BCUT2D eigenvalue weighted by Gasteiger charge is 2.45. The molecule has 0 aliphatic carbocycles. The molecule has 3 amide bonds. The van der Waals surface area contributed by atoms with Gasteiger partial charge in [0.05, 0.1) is 12.8 Å². The molecule has 7 nitrogen and oxygen atoms in total. The van der Waals surface area contributed by atoms with E-state index in [1.165, 1.54) is 11.9 Å². The van der Waals surface area contributed by atoms with Gasteiger partial charge in [0, 0.05) is 26.8 Å². The van der Waals surface area contributed by atoms with Crippen molar-refractivity contribution in [2.75, 3.05) is 27.7 Å². The summed E-state index contributed by atoms with van der Waals surface area (Å²) in [6.07, 6.45) is 3.17. The van der Waals surface area contributed by atoms with E-state index in [0.717, 1.165) is 34.6 Å². The van der Waals surface area contributed by atoms with Crippen molar-refractivity contribution in [3.63, 3.8) is 0 Å². The first-order valence-electron chi connectivity index (χ1n) is 8.97. The van der Waals surface area contributed by atoms with Crippen LogP contribution in [-0.4, -0.2) is 61.0 Å². The number of imide groups is 1. The highest BCUT2D eigenvalue weighted by molar-refractivity contribution is 6.33. The summed E-state index contributed by atoms with van der Waals surface area (Å²) in [6, 6.07) is 7.49. The number of amides is 3. The first kappa shape index (κ1) is 18.8. The Morgan fingerprint density at radius 2 is 2.00 bits per heavy atom. The van der Waals surface area contributed by atoms with E-state index >= 15 is 0 Å². The number of aliphatic imine (C=N–C) groups is 2. The number of nitrogens with zero attached hydrogens (tertiary/aromatic N) is 4. The molecule has 1 fully saturated rings. The first-order chi connectivity index (χ1) is 13.0. The van der Waals surface area contributed by atoms with E-state index in [1.807, 2.05) is 31.2 Å². The van der Waals surface area contributed by atoms with Crippen LogP contribution in [0.5, 0.6) is 5.75 Å². The molecule has 27 heavy (non-hydrogen) atoms. The molecule has 7 heteroatoms. The number of methoxy groups -OCH3 is 1. The monoisotopic (exact) mass is 368 g/mol. The number of carbonyl (C=O) groups is 2. The molecule has 0 aromatic heterocycles. The lowest BCUT2D eigenvalue weighted by Crippen LogP contribution is -2.59. The summed E-state index contributed by atoms with van der Waals surface area (Å²) >= 11 is 0. The van der Waals surface area contributed by atoms with E-state index in [4.69, 9.17) is 9.73 Å². The lowest BCUT2D eigenvalue weighted by Gasteiger charge is -2.37. The number of carbonyl (C=O) groups excluding carboxylic acids is 2. The van der Waals surface area contributed by atoms with Crippen LogP contribution in [0.2, 0.25) is 0 Å². The van der Waals surface area contributed by atoms with Crippen molar-refractivity contribution in [1.29, 1.82) is 0 Å². The van der Waals surface area contributed by atoms with Crippen LogP contribution in [0.4, 0.5) is 4.79 Å². The number of rotatable bonds is 5. The Kier molecular flexibility index (Phi) is 5.39. The van der Waals surface area contributed by atoms with Crippen molar-refractivity contribution in [2.45, 2.75) is 19.8 Å². The topological polar surface area (TPSA) is 74.6 Å². The van der Waals surface area contributed by atoms with E-state index in [2.05, 4.69) is 4.99 Å². The maximum atomic E-state index is 12.8. The maximum Gasteiger partial charge on any atom is 0.331 e. The lowest BCUT2D eigenvalue weighted by atomic mass is 9.89. The van der Waals surface area contributed by atoms with Gasteiger partial charge in [-0.1, -0.05) is 19.1 Å². The van der Waals surface area contributed by atoms with Gasteiger partial charge in [0.15, 0.2) is 0 Å². The second-order valence-corrected chi connectivity index (χ2v) is 6.54. The fourth-order valence-electron chi connectivity index (χ4n) is 3.31. The first-order valence-corrected chi connectivity index (χ1v) is 8.97. The van der Waals surface area contributed by atoms with Crippen molar-refractivity contribution in [1.82, 2.24) is 9.80 Å². The van der Waals surface area contributed by atoms with E-state index in [9.17, 15) is 9.59 Å². The van der Waals surface area contributed by atoms with Gasteiger partial charge in [-0.15, -0.1) is 0 Å². The highest BCUT2D eigenvalue weighted by atomic mass is 16.5. The third-order valence-electron chi connectivity index (χ3n) is 4.91. The van der Waals surface area contributed by atoms with Crippen molar-refractivity contribution >= 4 is 23.5 Å². The highest BCUT2D eigenvalue weighted by Crippen LogP contribution is 2.27. The van der Waals surface area contributed by atoms with Gasteiger partial charge in [-0.3, -0.25) is 19.6 Å². The Balaban J connectivity index is 1.86. The smallest absolute Gasteiger partial charge is 0.331 e. The molecule has 2 aliphatic rings. The Bertz CT molecular complexity index is 857. The fraction of sp³-hybridized carbons (Fsp3) is 0.400. The van der Waals surface area contributed by atoms with E-state index in [0.29, 0.717) is 18.1 Å². The van der Waals surface area contributed by atoms with Gasteiger partial charge in [-0.25, -0.2) is 9.79 Å². The van der Waals surface area contributed by atoms with Gasteiger partial charge in [-0.05, 0) is 36.1 Å². The van der Waals surface area contributed by atoms with Crippen molar-refractivity contribution < 1.29 is 14.3 Å². The molecule has 142 valence electrons. The number of allylic oxidation sites excluding steroid dienone is 1. The molecule has 0 radical (unpaired) electrons. The molecule has 2 heterocycles. The van der Waals surface area contributed by atoms with E-state index < -0.39 is 5.92 Å². The summed E-state index contributed by atoms with van der Waals surface area (Å²) in [4.78, 5) is 36.7. The summed E-state index contributed by atoms with van der Waals surface area (Å²) in [5, 5.41) is 0. The zero-order valence-electron chi connectivity index (χ0n) is 16.1. The minimum Gasteiger partial charge on any atom is -0.497 e. The molecule has 3 rings (SSSR count). The number of amidine groups is 1. The molecule has 0 saturated carbocycles. The second-order valence-electron chi connectivity index (χ2n) is 6.54. The molecular weight excluding hydrogens is 344 g/mol. The minimum atomic E-state index is -0.622. The Labute approximate surface area is 159 Å². The number of benzene rings is 1. The molecule has 1 saturated heterocycles. The van der Waals surface area contributed by atoms with Crippen LogP contribution in [0, 0.1) is 5.92 Å². The van der Waals surface area contributed by atoms with Gasteiger partial charge in [0.2, 0.25) is 5.91 Å². The van der Waals surface area contributed by atoms with Crippen LogP contribution < -0.4 is 4.74 Å². The van der Waals surface area contributed by atoms with Crippen molar-refractivity contribution in [2.24, 2.45) is 15.9 Å². The molecule has 1 atom stereocenters. The number of hydrogen-bond acceptors (Lipinski definition) is 5. The molecule has 0 N–H and O–H groups in total. The largest absolute Gasteiger partial charge is 0.497 e. The summed E-state index contributed by atoms with van der Waals surface area (Å²) < 4.78 is 5.26. The van der Waals surface area contributed by atoms with Gasteiger partial charge in [0.1, 0.15) is 17.5 Å². The number of urea groups is 1. The number of ether oxygens (including phenoxy) is 1. The SMILES string of the molecule is CCC1=CN=C2C(C(=O)N(C)C(=O)N2C)C1=NCCc1cccc(OC)c1. The van der Waals surface area contributed by atoms with Gasteiger partial charge >= 0.3 is 6.03 Å². The molecule has 2 aliphatic heterocycles. The molecule has 1 aromatic rings. The average Bonchev–Trinajstić information content (AvgIpc) is 2.70. The third-order valence-corrected chi connectivity index (χ3v) is 4.91. The second kappa shape index (κ2) is 7.73. The maximum absolute atomic E-state index is 12.8. The van der Waals surface area contributed by atoms with Gasteiger partial charge in [-0.2, -0.15) is 0 Å². The molecule has 1 aromatic carbocycles. The molecular formula is C20H24N4O3. The van der Waals surface area contributed by atoms with Crippen LogP contribution in [0.15, 0.2) is 46.0 Å². The van der Waals surface area contributed by atoms with Crippen LogP contribution in [-0.2, 0) is 11.2 Å². The predicted octanol–water partition coefficient (Wildman–Crippen LogP) is 2.52. The van der Waals surface area contributed by atoms with Crippen molar-refractivity contribution in [3.8, 4) is 5.75 Å². The van der Waals surface area contributed by atoms with E-state index in [1.54, 1.807) is 20.4 Å². The summed E-state index contributed by atoms with van der Waals surface area (Å²) in [5.74, 6) is 0.352. The normalized spacial score (nSPS) is 21.2. The lowest BCUT2D eigenvalue weighted by molar-refractivity contribution is -0.128. The average molecular weight is 368 g/mol. The summed E-state index contributed by atoms with van der Waals surface area (Å²) in [7, 11) is 4.77. The van der Waals surface area contributed by atoms with Gasteiger partial charge < -0.3 is 4.74 Å². The number of hydrogen-bond donors (Lipinski definition) is 0. The third kappa shape index (κ3) is 3.49. The fourth-order valence-corrected chi connectivity index (χ4v) is 3.31. The zero-order chi connectivity index (χ0) is 19.6. The Morgan fingerprint density at radius 1 is 1.22 bits per heavy atom. The standard InChI is InChI=1S/C20H24N4O3/c1-5-14-12-22-18-16(19(25)24(3)20(26)23(18)2)17(14)21-10-9-13-7-6-8-15(11-13)27-4/h6-8,11-12,16H,5,9-10H2,1-4H3. The van der Waals surface area contributed by atoms with Gasteiger partial charge in [0.25, 0.3) is 0 Å². The van der Waals surface area contributed by atoms with Crippen molar-refractivity contribution in [3.05, 3.63) is 41.6 Å². The quantitative estimate of drug-likeness (QED) is 0.801. The predicted molar refractivity (Wildman–Crippen MR) is 104 cm³/mol. The zero-order valence-corrected chi connectivity index (χ0v) is 16.1. The Hall–Kier alpha value is -2.96. The minimum absolute atomic E-state index is 0.281. The Morgan fingerprint density at radius 3 is 2.70 bits per heavy atom. The van der Waals surface area contributed by atoms with Crippen LogP contribution in [0.1, 0.15) is 18.9 Å². The van der Waals surface area contributed by atoms with Crippen LogP contribution >= 0.6 is 0 Å². The molecule has 0 bridgehead atoms.